The van der Waals surface area contributed by atoms with Gasteiger partial charge in [0.05, 0.1) is 6.54 Å². The normalized spacial score (nSPS) is 19.3. The van der Waals surface area contributed by atoms with Gasteiger partial charge in [0.25, 0.3) is 5.56 Å². The van der Waals surface area contributed by atoms with Crippen molar-refractivity contribution < 1.29 is 9.59 Å². The summed E-state index contributed by atoms with van der Waals surface area (Å²) < 4.78 is 3.84. The molecule has 0 saturated carbocycles. The lowest BCUT2D eigenvalue weighted by atomic mass is 10.1. The summed E-state index contributed by atoms with van der Waals surface area (Å²) in [5.74, 6) is 0.424. The molecule has 0 aliphatic carbocycles. The molecule has 0 radical (unpaired) electrons. The van der Waals surface area contributed by atoms with Crippen LogP contribution >= 0.6 is 0 Å². The topological polar surface area (TPSA) is 114 Å². The molecule has 11 nitrogen and oxygen atoms in total. The molecule has 2 aliphatic heterocycles. The second kappa shape index (κ2) is 8.81. The van der Waals surface area contributed by atoms with Crippen LogP contribution in [0.1, 0.15) is 16.8 Å². The summed E-state index contributed by atoms with van der Waals surface area (Å²) >= 11 is 0. The number of benzene rings is 1. The minimum atomic E-state index is -0.627. The zero-order valence-corrected chi connectivity index (χ0v) is 20.1. The van der Waals surface area contributed by atoms with E-state index in [1.54, 1.807) is 49.0 Å². The monoisotopic (exact) mass is 479 g/mol. The molecule has 1 aromatic carbocycles. The Morgan fingerprint density at radius 1 is 1.09 bits per heavy atom. The molecule has 2 aromatic heterocycles. The molecule has 5 rings (SSSR count). The number of carbonyl (C=O) groups is 2. The van der Waals surface area contributed by atoms with E-state index in [9.17, 15) is 19.2 Å². The van der Waals surface area contributed by atoms with Crippen LogP contribution in [0.25, 0.3) is 11.2 Å². The van der Waals surface area contributed by atoms with E-state index in [0.29, 0.717) is 17.4 Å². The molecule has 2 unspecified atom stereocenters. The van der Waals surface area contributed by atoms with Gasteiger partial charge in [0, 0.05) is 52.4 Å². The first-order valence-corrected chi connectivity index (χ1v) is 11.7. The van der Waals surface area contributed by atoms with Gasteiger partial charge in [-0.15, -0.1) is 0 Å². The van der Waals surface area contributed by atoms with Crippen LogP contribution in [0.15, 0.2) is 39.9 Å². The van der Waals surface area contributed by atoms with E-state index in [0.717, 1.165) is 30.6 Å². The molecule has 1 amide bonds. The average molecular weight is 480 g/mol. The average Bonchev–Trinajstić information content (AvgIpc) is 3.56. The number of anilines is 1. The Morgan fingerprint density at radius 2 is 1.83 bits per heavy atom. The van der Waals surface area contributed by atoms with Gasteiger partial charge in [-0.25, -0.2) is 4.79 Å². The van der Waals surface area contributed by atoms with Crippen molar-refractivity contribution in [3.8, 4) is 0 Å². The second-order valence-corrected chi connectivity index (χ2v) is 9.45. The number of aryl methyl sites for hydroxylation is 1. The maximum atomic E-state index is 13.7. The maximum Gasteiger partial charge on any atom is 0.332 e. The molecule has 4 heterocycles. The Labute approximate surface area is 201 Å². The number of ketones is 1. The smallest absolute Gasteiger partial charge is 0.332 e. The number of nitrogens with zero attached hydrogens (tertiary/aromatic N) is 6. The summed E-state index contributed by atoms with van der Waals surface area (Å²) in [7, 11) is 4.84. The molecule has 184 valence electrons. The zero-order valence-electron chi connectivity index (χ0n) is 20.1. The lowest BCUT2D eigenvalue weighted by Crippen LogP contribution is -2.42. The molecule has 2 saturated heterocycles. The van der Waals surface area contributed by atoms with Crippen LogP contribution in [0.4, 0.5) is 5.95 Å². The van der Waals surface area contributed by atoms with Crippen molar-refractivity contribution in [1.29, 1.82) is 0 Å². The predicted molar refractivity (Wildman–Crippen MR) is 131 cm³/mol. The number of amides is 1. The van der Waals surface area contributed by atoms with Crippen LogP contribution in [-0.4, -0.2) is 75.0 Å². The van der Waals surface area contributed by atoms with Crippen molar-refractivity contribution in [1.82, 2.24) is 28.9 Å². The van der Waals surface area contributed by atoms with Crippen LogP contribution < -0.4 is 21.5 Å². The van der Waals surface area contributed by atoms with Crippen LogP contribution in [0, 0.1) is 5.92 Å². The molecule has 1 N–H and O–H groups in total. The fourth-order valence-corrected chi connectivity index (χ4v) is 5.10. The molecule has 2 aliphatic rings. The summed E-state index contributed by atoms with van der Waals surface area (Å²) in [6, 6.07) is 8.75. The lowest BCUT2D eigenvalue weighted by molar-refractivity contribution is -0.129. The predicted octanol–water partition coefficient (Wildman–Crippen LogP) is -0.334. The largest absolute Gasteiger partial charge is 0.347 e. The molecule has 2 fully saturated rings. The molecule has 35 heavy (non-hydrogen) atoms. The number of imidazole rings is 1. The highest BCUT2D eigenvalue weighted by Gasteiger charge is 2.40. The van der Waals surface area contributed by atoms with Crippen molar-refractivity contribution in [3.63, 3.8) is 0 Å². The number of likely N-dealkylation sites (N-methyl/N-ethyl adjacent to an activating group) is 1. The number of aromatic nitrogens is 4. The highest BCUT2D eigenvalue weighted by molar-refractivity contribution is 5.96. The summed E-state index contributed by atoms with van der Waals surface area (Å²) in [4.78, 5) is 60.8. The van der Waals surface area contributed by atoms with Gasteiger partial charge >= 0.3 is 5.69 Å². The molecular formula is C24H29N7O4. The Morgan fingerprint density at radius 3 is 2.54 bits per heavy atom. The Hall–Kier alpha value is -3.73. The van der Waals surface area contributed by atoms with Gasteiger partial charge < -0.3 is 15.1 Å². The first-order chi connectivity index (χ1) is 16.8. The maximum absolute atomic E-state index is 13.7. The number of fused-ring (bicyclic) bond motifs is 2. The lowest BCUT2D eigenvalue weighted by Gasteiger charge is -2.25. The van der Waals surface area contributed by atoms with Crippen molar-refractivity contribution in [2.75, 3.05) is 38.6 Å². The Bertz CT molecular complexity index is 1420. The van der Waals surface area contributed by atoms with E-state index in [4.69, 9.17) is 4.98 Å². The van der Waals surface area contributed by atoms with Crippen molar-refractivity contribution in [2.24, 2.45) is 13.0 Å². The van der Waals surface area contributed by atoms with Crippen LogP contribution in [0.5, 0.6) is 0 Å². The van der Waals surface area contributed by atoms with Crippen molar-refractivity contribution in [3.05, 3.63) is 56.7 Å². The summed E-state index contributed by atoms with van der Waals surface area (Å²) in [5.41, 5.74) is -0.482. The van der Waals surface area contributed by atoms with E-state index in [-0.39, 0.29) is 35.4 Å². The van der Waals surface area contributed by atoms with Gasteiger partial charge in [-0.05, 0) is 12.3 Å². The van der Waals surface area contributed by atoms with Crippen LogP contribution in [-0.2, 0) is 24.9 Å². The quantitative estimate of drug-likeness (QED) is 0.482. The van der Waals surface area contributed by atoms with Gasteiger partial charge in [0.2, 0.25) is 11.9 Å². The van der Waals surface area contributed by atoms with Gasteiger partial charge in [0.15, 0.2) is 16.9 Å². The summed E-state index contributed by atoms with van der Waals surface area (Å²) in [5, 5.41) is 3.40. The second-order valence-electron chi connectivity index (χ2n) is 9.45. The first kappa shape index (κ1) is 23.0. The number of hydrogen-bond donors (Lipinski definition) is 1. The Kier molecular flexibility index (Phi) is 5.79. The molecule has 3 aromatic rings. The number of Topliss-reactive ketones (excluding diaryl/α,β-unsaturated/α-hetero) is 1. The number of carbonyl (C=O) groups excluding carboxylic acids is 2. The zero-order chi connectivity index (χ0) is 24.9. The van der Waals surface area contributed by atoms with Gasteiger partial charge in [-0.3, -0.25) is 28.1 Å². The highest BCUT2D eigenvalue weighted by Crippen LogP contribution is 2.32. The van der Waals surface area contributed by atoms with Gasteiger partial charge in [-0.2, -0.15) is 4.98 Å². The van der Waals surface area contributed by atoms with E-state index < -0.39 is 17.8 Å². The SMILES string of the molecule is CN(C)C(=O)Cn1c(N2CCC3CNCC32)nc2c1c(=O)n(CC(=O)c1ccccc1)c(=O)n2C. The van der Waals surface area contributed by atoms with Crippen LogP contribution in [0.3, 0.4) is 0 Å². The number of hydrogen-bond acceptors (Lipinski definition) is 7. The molecule has 11 heteroatoms. The molecule has 0 bridgehead atoms. The van der Waals surface area contributed by atoms with Crippen LogP contribution in [0.2, 0.25) is 0 Å². The Balaban J connectivity index is 1.68. The van der Waals surface area contributed by atoms with Gasteiger partial charge in [-0.1, -0.05) is 30.3 Å². The molecule has 0 spiro atoms. The third kappa shape index (κ3) is 3.85. The third-order valence-electron chi connectivity index (χ3n) is 7.10. The minimum absolute atomic E-state index is 0.0970. The van der Waals surface area contributed by atoms with E-state index in [1.165, 1.54) is 16.5 Å². The van der Waals surface area contributed by atoms with E-state index >= 15 is 0 Å². The highest BCUT2D eigenvalue weighted by atomic mass is 16.2. The third-order valence-corrected chi connectivity index (χ3v) is 7.10. The van der Waals surface area contributed by atoms with E-state index in [2.05, 4.69) is 10.2 Å². The van der Waals surface area contributed by atoms with Gasteiger partial charge in [0.1, 0.15) is 6.54 Å². The number of nitrogens with one attached hydrogen (secondary N) is 1. The molecular weight excluding hydrogens is 450 g/mol. The summed E-state index contributed by atoms with van der Waals surface area (Å²) in [6.07, 6.45) is 0.983. The minimum Gasteiger partial charge on any atom is -0.347 e. The first-order valence-electron chi connectivity index (χ1n) is 11.7. The fourth-order valence-electron chi connectivity index (χ4n) is 5.10. The van der Waals surface area contributed by atoms with Crippen molar-refractivity contribution in [2.45, 2.75) is 25.6 Å². The molecule has 2 atom stereocenters. The standard InChI is InChI=1S/C24H29N7O4/c1-27(2)19(33)14-30-20-21(26-23(30)29-10-9-16-11-25-12-17(16)29)28(3)24(35)31(22(20)34)13-18(32)15-7-5-4-6-8-15/h4-8,16-17,25H,9-14H2,1-3H3. The summed E-state index contributed by atoms with van der Waals surface area (Å²) in [6.45, 7) is 1.98. The van der Waals surface area contributed by atoms with E-state index in [1.807, 2.05) is 0 Å². The fraction of sp³-hybridized carbons (Fsp3) is 0.458. The number of rotatable bonds is 6. The van der Waals surface area contributed by atoms with Crippen molar-refractivity contribution >= 4 is 28.8 Å².